The Balaban J connectivity index is 1.49. The number of para-hydroxylation sites is 1. The molecule has 0 radical (unpaired) electrons. The maximum absolute atomic E-state index is 12.2. The molecule has 3 heterocycles. The number of anilines is 3. The van der Waals surface area contributed by atoms with Crippen molar-refractivity contribution < 1.29 is 14.3 Å². The zero-order valence-electron chi connectivity index (χ0n) is 14.4. The second-order valence-electron chi connectivity index (χ2n) is 6.43. The second kappa shape index (κ2) is 6.59. The Hall–Kier alpha value is -3.06. The second-order valence-corrected chi connectivity index (χ2v) is 7.46. The Morgan fingerprint density at radius 1 is 1.07 bits per heavy atom. The van der Waals surface area contributed by atoms with Gasteiger partial charge < -0.3 is 20.1 Å². The van der Waals surface area contributed by atoms with Crippen molar-refractivity contribution in [3.05, 3.63) is 59.0 Å². The van der Waals surface area contributed by atoms with Gasteiger partial charge in [0, 0.05) is 18.0 Å². The van der Waals surface area contributed by atoms with Gasteiger partial charge in [0.05, 0.1) is 4.88 Å². The van der Waals surface area contributed by atoms with Crippen LogP contribution in [0.5, 0.6) is 11.5 Å². The summed E-state index contributed by atoms with van der Waals surface area (Å²) in [5, 5.41) is 6.96. The molecular formula is C20H17N3O3S. The highest BCUT2D eigenvalue weighted by molar-refractivity contribution is 7.16. The van der Waals surface area contributed by atoms with Crippen LogP contribution >= 0.6 is 11.3 Å². The number of fused-ring (bicyclic) bond motifs is 2. The highest BCUT2D eigenvalue weighted by Crippen LogP contribution is 2.44. The largest absolute Gasteiger partial charge is 0.486 e. The van der Waals surface area contributed by atoms with E-state index < -0.39 is 0 Å². The molecule has 1 aromatic heterocycles. The molecule has 6 nitrogen and oxygen atoms in total. The lowest BCUT2D eigenvalue weighted by atomic mass is 9.91. The third kappa shape index (κ3) is 3.10. The average Bonchev–Trinajstić information content (AvgIpc) is 3.09. The molecule has 5 rings (SSSR count). The molecular weight excluding hydrogens is 362 g/mol. The summed E-state index contributed by atoms with van der Waals surface area (Å²) in [6, 6.07) is 15.8. The maximum Gasteiger partial charge on any atom is 0.226 e. The van der Waals surface area contributed by atoms with Crippen LogP contribution in [0.1, 0.15) is 22.8 Å². The number of benzene rings is 2. The molecule has 1 amide bonds. The third-order valence-corrected chi connectivity index (χ3v) is 5.70. The van der Waals surface area contributed by atoms with E-state index in [4.69, 9.17) is 9.47 Å². The van der Waals surface area contributed by atoms with Crippen molar-refractivity contribution in [1.82, 2.24) is 4.98 Å². The van der Waals surface area contributed by atoms with Crippen LogP contribution < -0.4 is 20.1 Å². The van der Waals surface area contributed by atoms with E-state index in [1.807, 2.05) is 48.5 Å². The molecule has 0 aliphatic carbocycles. The summed E-state index contributed by atoms with van der Waals surface area (Å²) >= 11 is 1.56. The van der Waals surface area contributed by atoms with Crippen LogP contribution in [0.4, 0.5) is 16.6 Å². The Kier molecular flexibility index (Phi) is 3.94. The molecule has 2 aliphatic heterocycles. The number of carbonyl (C=O) groups is 1. The van der Waals surface area contributed by atoms with Crippen molar-refractivity contribution in [2.24, 2.45) is 0 Å². The molecule has 2 N–H and O–H groups in total. The summed E-state index contributed by atoms with van der Waals surface area (Å²) < 4.78 is 11.3. The fourth-order valence-electron chi connectivity index (χ4n) is 3.36. The number of ether oxygens (including phenoxy) is 2. The standard InChI is InChI=1S/C20H17N3O3S/c24-17-11-14(12-6-7-15-16(10-12)26-9-8-25-15)18-19(22-17)23-20(27-18)21-13-4-2-1-3-5-13/h1-7,10,14H,8-9,11H2,(H,21,23)(H,22,24)/t14-/m1/s1. The van der Waals surface area contributed by atoms with Crippen LogP contribution in [-0.2, 0) is 4.79 Å². The van der Waals surface area contributed by atoms with Gasteiger partial charge in [0.25, 0.3) is 0 Å². The van der Waals surface area contributed by atoms with Gasteiger partial charge in [-0.05, 0) is 29.8 Å². The molecule has 0 saturated heterocycles. The van der Waals surface area contributed by atoms with E-state index in [0.717, 1.165) is 32.8 Å². The average molecular weight is 379 g/mol. The van der Waals surface area contributed by atoms with Gasteiger partial charge in [-0.3, -0.25) is 4.79 Å². The summed E-state index contributed by atoms with van der Waals surface area (Å²) in [6.07, 6.45) is 0.389. The van der Waals surface area contributed by atoms with Gasteiger partial charge in [0.15, 0.2) is 16.6 Å². The van der Waals surface area contributed by atoms with Gasteiger partial charge >= 0.3 is 0 Å². The van der Waals surface area contributed by atoms with E-state index in [-0.39, 0.29) is 11.8 Å². The number of aromatic nitrogens is 1. The minimum atomic E-state index is -0.0478. The molecule has 3 aromatic rings. The topological polar surface area (TPSA) is 72.5 Å². The first kappa shape index (κ1) is 16.1. The molecule has 0 spiro atoms. The van der Waals surface area contributed by atoms with Gasteiger partial charge in [0.2, 0.25) is 5.91 Å². The molecule has 0 bridgehead atoms. The number of thiazole rings is 1. The lowest BCUT2D eigenvalue weighted by Crippen LogP contribution is -2.23. The van der Waals surface area contributed by atoms with Gasteiger partial charge in [-0.2, -0.15) is 0 Å². The molecule has 0 saturated carbocycles. The number of carbonyl (C=O) groups excluding carboxylic acids is 1. The predicted molar refractivity (Wildman–Crippen MR) is 104 cm³/mol. The maximum atomic E-state index is 12.2. The van der Waals surface area contributed by atoms with Crippen LogP contribution in [0, 0.1) is 0 Å². The van der Waals surface area contributed by atoms with Crippen LogP contribution in [0.15, 0.2) is 48.5 Å². The number of hydrogen-bond acceptors (Lipinski definition) is 6. The van der Waals surface area contributed by atoms with E-state index in [2.05, 4.69) is 15.6 Å². The summed E-state index contributed by atoms with van der Waals surface area (Å²) in [7, 11) is 0. The van der Waals surface area contributed by atoms with E-state index in [1.165, 1.54) is 0 Å². The fraction of sp³-hybridized carbons (Fsp3) is 0.200. The molecule has 1 atom stereocenters. The summed E-state index contributed by atoms with van der Waals surface area (Å²) in [5.41, 5.74) is 2.00. The van der Waals surface area contributed by atoms with E-state index in [1.54, 1.807) is 11.3 Å². The molecule has 2 aliphatic rings. The van der Waals surface area contributed by atoms with Crippen LogP contribution in [0.25, 0.3) is 0 Å². The molecule has 136 valence electrons. The summed E-state index contributed by atoms with van der Waals surface area (Å²) in [6.45, 7) is 1.10. The van der Waals surface area contributed by atoms with Gasteiger partial charge in [-0.15, -0.1) is 0 Å². The first-order chi connectivity index (χ1) is 13.3. The van der Waals surface area contributed by atoms with Crippen molar-refractivity contribution in [3.8, 4) is 11.5 Å². The van der Waals surface area contributed by atoms with E-state index in [9.17, 15) is 4.79 Å². The minimum Gasteiger partial charge on any atom is -0.486 e. The highest BCUT2D eigenvalue weighted by atomic mass is 32.1. The molecule has 0 fully saturated rings. The fourth-order valence-corrected chi connectivity index (χ4v) is 4.43. The van der Waals surface area contributed by atoms with Crippen LogP contribution in [0.3, 0.4) is 0 Å². The van der Waals surface area contributed by atoms with E-state index >= 15 is 0 Å². The van der Waals surface area contributed by atoms with Crippen LogP contribution in [-0.4, -0.2) is 24.1 Å². The number of amides is 1. The quantitative estimate of drug-likeness (QED) is 0.716. The Bertz CT molecular complexity index is 1000. The van der Waals surface area contributed by atoms with Crippen molar-refractivity contribution in [2.45, 2.75) is 12.3 Å². The van der Waals surface area contributed by atoms with Crippen molar-refractivity contribution in [3.63, 3.8) is 0 Å². The zero-order chi connectivity index (χ0) is 18.2. The number of rotatable bonds is 3. The number of nitrogens with one attached hydrogen (secondary N) is 2. The summed E-state index contributed by atoms with van der Waals surface area (Å²) in [4.78, 5) is 17.9. The van der Waals surface area contributed by atoms with Gasteiger partial charge in [-0.1, -0.05) is 35.6 Å². The third-order valence-electron chi connectivity index (χ3n) is 4.61. The lowest BCUT2D eigenvalue weighted by Gasteiger charge is -2.24. The first-order valence-corrected chi connectivity index (χ1v) is 9.60. The van der Waals surface area contributed by atoms with Crippen LogP contribution in [0.2, 0.25) is 0 Å². The highest BCUT2D eigenvalue weighted by Gasteiger charge is 2.31. The van der Waals surface area contributed by atoms with Crippen molar-refractivity contribution in [1.29, 1.82) is 0 Å². The normalized spacial score (nSPS) is 17.8. The number of hydrogen-bond donors (Lipinski definition) is 2. The summed E-state index contributed by atoms with van der Waals surface area (Å²) in [5.74, 6) is 2.04. The molecule has 0 unspecified atom stereocenters. The SMILES string of the molecule is O=C1C[C@H](c2ccc3c(c2)OCCO3)c2sc(Nc3ccccc3)nc2N1. The van der Waals surface area contributed by atoms with Crippen molar-refractivity contribution >= 4 is 33.9 Å². The van der Waals surface area contributed by atoms with E-state index in [0.29, 0.717) is 25.5 Å². The Morgan fingerprint density at radius 3 is 2.74 bits per heavy atom. The molecule has 7 heteroatoms. The smallest absolute Gasteiger partial charge is 0.226 e. The Labute approximate surface area is 160 Å². The molecule has 2 aromatic carbocycles. The van der Waals surface area contributed by atoms with Crippen molar-refractivity contribution in [2.75, 3.05) is 23.8 Å². The Morgan fingerprint density at radius 2 is 1.89 bits per heavy atom. The molecule has 27 heavy (non-hydrogen) atoms. The number of nitrogens with zero attached hydrogens (tertiary/aromatic N) is 1. The predicted octanol–water partition coefficient (Wildman–Crippen LogP) is 4.13. The van der Waals surface area contributed by atoms with Gasteiger partial charge in [-0.25, -0.2) is 4.98 Å². The lowest BCUT2D eigenvalue weighted by molar-refractivity contribution is -0.116. The minimum absolute atomic E-state index is 0.0287. The zero-order valence-corrected chi connectivity index (χ0v) is 15.2. The first-order valence-electron chi connectivity index (χ1n) is 8.78. The van der Waals surface area contributed by atoms with Gasteiger partial charge in [0.1, 0.15) is 19.0 Å². The monoisotopic (exact) mass is 379 g/mol.